The third kappa shape index (κ3) is 6.07. The van der Waals surface area contributed by atoms with Gasteiger partial charge in [0.25, 0.3) is 0 Å². The van der Waals surface area contributed by atoms with Gasteiger partial charge in [-0.05, 0) is 84.0 Å². The van der Waals surface area contributed by atoms with E-state index in [2.05, 4.69) is 10.8 Å². The Hall–Kier alpha value is -2.03. The monoisotopic (exact) mass is 588 g/mol. The Labute approximate surface area is 241 Å². The molecule has 2 N–H and O–H groups in total. The van der Waals surface area contributed by atoms with Crippen molar-refractivity contribution < 1.29 is 14.7 Å². The number of nitrogens with zero attached hydrogens (tertiary/aromatic N) is 1. The normalized spacial score (nSPS) is 24.4. The maximum atomic E-state index is 14.4. The molecule has 200 valence electrons. The van der Waals surface area contributed by atoms with Gasteiger partial charge >= 0.3 is 5.97 Å². The average Bonchev–Trinajstić information content (AvgIpc) is 3.58. The van der Waals surface area contributed by atoms with Crippen LogP contribution in [0.1, 0.15) is 55.7 Å². The zero-order valence-electron chi connectivity index (χ0n) is 21.0. The number of hydrogen-bond acceptors (Lipinski definition) is 5. The SMILES string of the molecule is C[C@]1(CC(=O)O)C[C@H](c2cccc(Cl)c2)C(c2ccc(Cl)cc2)N(C(CNSc2cccs2)C2CC2)C1=O. The topological polar surface area (TPSA) is 69.6 Å². The standard InChI is InChI=1S/C29H30Cl2N2O3S2/c1-29(16-25(34)35)15-23(20-4-2-5-22(31)14-20)27(19-9-11-21(30)12-10-19)33(28(29)36)24(18-7-8-18)17-32-38-26-6-3-13-37-26/h2-6,9-14,18,23-24,27,32H,7-8,15-17H2,1H3,(H,34,35)/t23-,24?,27?,29-/m1/s1. The first kappa shape index (κ1) is 27.5. The molecule has 3 aromatic rings. The number of carbonyl (C=O) groups is 2. The highest BCUT2D eigenvalue weighted by atomic mass is 35.5. The van der Waals surface area contributed by atoms with E-state index < -0.39 is 11.4 Å². The highest BCUT2D eigenvalue weighted by Crippen LogP contribution is 2.54. The molecule has 4 atom stereocenters. The number of hydrogen-bond donors (Lipinski definition) is 2. The van der Waals surface area contributed by atoms with Crippen LogP contribution >= 0.6 is 46.5 Å². The minimum atomic E-state index is -1.05. The number of aliphatic carboxylic acids is 1. The van der Waals surface area contributed by atoms with Crippen LogP contribution in [0.15, 0.2) is 70.3 Å². The van der Waals surface area contributed by atoms with Gasteiger partial charge in [0.05, 0.1) is 22.1 Å². The number of carboxylic acid groups (broad SMARTS) is 1. The van der Waals surface area contributed by atoms with Gasteiger partial charge in [-0.15, -0.1) is 11.3 Å². The average molecular weight is 590 g/mol. The Kier molecular flexibility index (Phi) is 8.41. The second-order valence-corrected chi connectivity index (χ2v) is 13.5. The summed E-state index contributed by atoms with van der Waals surface area (Å²) in [7, 11) is 0. The number of piperidine rings is 1. The van der Waals surface area contributed by atoms with Crippen molar-refractivity contribution in [3.8, 4) is 0 Å². The second kappa shape index (κ2) is 11.6. The number of nitrogens with one attached hydrogen (secondary N) is 1. The Bertz CT molecular complexity index is 1280. The van der Waals surface area contributed by atoms with Crippen molar-refractivity contribution in [1.29, 1.82) is 0 Å². The third-order valence-corrected chi connectivity index (χ3v) is 9.95. The molecule has 1 aliphatic heterocycles. The highest BCUT2D eigenvalue weighted by Gasteiger charge is 2.54. The molecule has 1 saturated carbocycles. The zero-order chi connectivity index (χ0) is 26.9. The highest BCUT2D eigenvalue weighted by molar-refractivity contribution is 7.99. The molecular formula is C29H30Cl2N2O3S2. The number of thiophene rings is 1. The summed E-state index contributed by atoms with van der Waals surface area (Å²) in [5.41, 5.74) is 0.944. The smallest absolute Gasteiger partial charge is 0.304 e. The van der Waals surface area contributed by atoms with Crippen molar-refractivity contribution >= 4 is 58.4 Å². The van der Waals surface area contributed by atoms with Gasteiger partial charge in [0.2, 0.25) is 5.91 Å². The van der Waals surface area contributed by atoms with Gasteiger partial charge in [-0.2, -0.15) is 0 Å². The summed E-state index contributed by atoms with van der Waals surface area (Å²) in [6, 6.07) is 19.2. The van der Waals surface area contributed by atoms with Crippen molar-refractivity contribution in [2.24, 2.45) is 11.3 Å². The van der Waals surface area contributed by atoms with Crippen LogP contribution in [0.3, 0.4) is 0 Å². The molecule has 38 heavy (non-hydrogen) atoms. The molecule has 5 rings (SSSR count). The van der Waals surface area contributed by atoms with Crippen LogP contribution in [0, 0.1) is 11.3 Å². The number of carboxylic acids is 1. The summed E-state index contributed by atoms with van der Waals surface area (Å²) < 4.78 is 4.67. The quantitative estimate of drug-likeness (QED) is 0.238. The largest absolute Gasteiger partial charge is 0.481 e. The molecule has 1 aliphatic carbocycles. The molecule has 0 radical (unpaired) electrons. The Morgan fingerprint density at radius 2 is 1.89 bits per heavy atom. The third-order valence-electron chi connectivity index (χ3n) is 7.62. The van der Waals surface area contributed by atoms with Crippen molar-refractivity contribution in [2.75, 3.05) is 6.54 Å². The fraction of sp³-hybridized carbons (Fsp3) is 0.379. The minimum Gasteiger partial charge on any atom is -0.481 e. The van der Waals surface area contributed by atoms with Crippen LogP contribution in [-0.4, -0.2) is 34.5 Å². The number of rotatable bonds is 10. The van der Waals surface area contributed by atoms with Crippen LogP contribution < -0.4 is 4.72 Å². The predicted molar refractivity (Wildman–Crippen MR) is 155 cm³/mol. The fourth-order valence-corrected chi connectivity index (χ4v) is 7.59. The van der Waals surface area contributed by atoms with E-state index >= 15 is 0 Å². The summed E-state index contributed by atoms with van der Waals surface area (Å²) in [5.74, 6) is -0.844. The van der Waals surface area contributed by atoms with Gasteiger partial charge in [-0.1, -0.05) is 60.5 Å². The van der Waals surface area contributed by atoms with E-state index in [1.54, 1.807) is 23.3 Å². The van der Waals surface area contributed by atoms with Crippen LogP contribution in [-0.2, 0) is 9.59 Å². The molecule has 2 aromatic carbocycles. The van der Waals surface area contributed by atoms with E-state index in [-0.39, 0.29) is 30.3 Å². The van der Waals surface area contributed by atoms with E-state index in [1.165, 1.54) is 0 Å². The number of halogens is 2. The summed E-state index contributed by atoms with van der Waals surface area (Å²) in [5, 5.41) is 13.1. The number of carbonyl (C=O) groups excluding carboxylic acids is 1. The van der Waals surface area contributed by atoms with Crippen molar-refractivity contribution in [2.45, 2.75) is 54.8 Å². The molecule has 2 aliphatic rings. The maximum absolute atomic E-state index is 14.4. The maximum Gasteiger partial charge on any atom is 0.304 e. The van der Waals surface area contributed by atoms with E-state index in [0.717, 1.165) is 28.2 Å². The first-order valence-corrected chi connectivity index (χ1v) is 15.2. The van der Waals surface area contributed by atoms with Crippen molar-refractivity contribution in [3.05, 3.63) is 87.2 Å². The number of amides is 1. The lowest BCUT2D eigenvalue weighted by molar-refractivity contribution is -0.161. The van der Waals surface area contributed by atoms with E-state index in [1.807, 2.05) is 71.8 Å². The molecule has 0 bridgehead atoms. The van der Waals surface area contributed by atoms with Crippen LogP contribution in [0.4, 0.5) is 0 Å². The molecule has 9 heteroatoms. The molecule has 2 fully saturated rings. The van der Waals surface area contributed by atoms with Crippen LogP contribution in [0.5, 0.6) is 0 Å². The molecular weight excluding hydrogens is 559 g/mol. The molecule has 2 heterocycles. The van der Waals surface area contributed by atoms with Crippen molar-refractivity contribution in [1.82, 2.24) is 9.62 Å². The predicted octanol–water partition coefficient (Wildman–Crippen LogP) is 7.67. The molecule has 1 saturated heterocycles. The van der Waals surface area contributed by atoms with E-state index in [0.29, 0.717) is 28.9 Å². The van der Waals surface area contributed by atoms with Gasteiger partial charge in [-0.3, -0.25) is 14.3 Å². The van der Waals surface area contributed by atoms with Gasteiger partial charge in [0, 0.05) is 28.5 Å². The molecule has 0 spiro atoms. The zero-order valence-corrected chi connectivity index (χ0v) is 24.1. The van der Waals surface area contributed by atoms with Gasteiger partial charge in [0.15, 0.2) is 0 Å². The molecule has 2 unspecified atom stereocenters. The number of likely N-dealkylation sites (tertiary alicyclic amines) is 1. The second-order valence-electron chi connectivity index (χ2n) is 10.5. The molecule has 1 aromatic heterocycles. The fourth-order valence-electron chi connectivity index (χ4n) is 5.74. The molecule has 1 amide bonds. The lowest BCUT2D eigenvalue weighted by Crippen LogP contribution is -2.58. The minimum absolute atomic E-state index is 0.0780. The Balaban J connectivity index is 1.59. The number of benzene rings is 2. The summed E-state index contributed by atoms with van der Waals surface area (Å²) >= 11 is 15.9. The lowest BCUT2D eigenvalue weighted by atomic mass is 9.67. The molecule has 5 nitrogen and oxygen atoms in total. The Morgan fingerprint density at radius 3 is 2.53 bits per heavy atom. The first-order valence-electron chi connectivity index (χ1n) is 12.7. The summed E-state index contributed by atoms with van der Waals surface area (Å²) in [4.78, 5) is 28.4. The van der Waals surface area contributed by atoms with Crippen LogP contribution in [0.25, 0.3) is 0 Å². The van der Waals surface area contributed by atoms with E-state index in [9.17, 15) is 14.7 Å². The Morgan fingerprint density at radius 1 is 1.13 bits per heavy atom. The van der Waals surface area contributed by atoms with Gasteiger partial charge in [0.1, 0.15) is 0 Å². The van der Waals surface area contributed by atoms with Crippen LogP contribution in [0.2, 0.25) is 10.0 Å². The van der Waals surface area contributed by atoms with Gasteiger partial charge < -0.3 is 10.0 Å². The summed E-state index contributed by atoms with van der Waals surface area (Å²) in [6.07, 6.45) is 2.29. The first-order chi connectivity index (χ1) is 18.2. The lowest BCUT2D eigenvalue weighted by Gasteiger charge is -2.52. The van der Waals surface area contributed by atoms with Gasteiger partial charge in [-0.25, -0.2) is 0 Å². The summed E-state index contributed by atoms with van der Waals surface area (Å²) in [6.45, 7) is 2.42. The van der Waals surface area contributed by atoms with E-state index in [4.69, 9.17) is 23.2 Å². The van der Waals surface area contributed by atoms with Crippen molar-refractivity contribution in [3.63, 3.8) is 0 Å².